The van der Waals surface area contributed by atoms with Crippen molar-refractivity contribution < 1.29 is 4.39 Å². The van der Waals surface area contributed by atoms with Crippen LogP contribution in [0.15, 0.2) is 12.3 Å². The van der Waals surface area contributed by atoms with Crippen LogP contribution in [0.4, 0.5) is 4.39 Å². The van der Waals surface area contributed by atoms with Gasteiger partial charge in [-0.2, -0.15) is 0 Å². The summed E-state index contributed by atoms with van der Waals surface area (Å²) in [6.45, 7) is 11.8. The second kappa shape index (κ2) is 5.85. The molecule has 2 aliphatic rings. The highest BCUT2D eigenvalue weighted by molar-refractivity contribution is 5.03. The lowest BCUT2D eigenvalue weighted by atomic mass is 9.94. The van der Waals surface area contributed by atoms with E-state index in [4.69, 9.17) is 0 Å². The van der Waals surface area contributed by atoms with Gasteiger partial charge in [0.25, 0.3) is 0 Å². The zero-order chi connectivity index (χ0) is 14.0. The molecule has 1 nitrogen and oxygen atoms in total. The topological polar surface area (TPSA) is 3.24 Å². The van der Waals surface area contributed by atoms with Gasteiger partial charge in [-0.15, -0.1) is 0 Å². The molecule has 4 unspecified atom stereocenters. The number of likely N-dealkylation sites (tertiary alicyclic amines) is 1. The first-order valence-corrected chi connectivity index (χ1v) is 8.07. The van der Waals surface area contributed by atoms with Crippen LogP contribution < -0.4 is 0 Å². The summed E-state index contributed by atoms with van der Waals surface area (Å²) in [6.07, 6.45) is 8.04. The fourth-order valence-corrected chi connectivity index (χ4v) is 3.68. The van der Waals surface area contributed by atoms with Crippen LogP contribution in [0.2, 0.25) is 0 Å². The Bertz CT molecular complexity index is 323. The number of allylic oxidation sites excluding steroid dienone is 1. The Morgan fingerprint density at radius 2 is 2.16 bits per heavy atom. The second-order valence-corrected chi connectivity index (χ2v) is 7.04. The Hall–Kier alpha value is -0.530. The van der Waals surface area contributed by atoms with Crippen LogP contribution in [0.25, 0.3) is 0 Å². The van der Waals surface area contributed by atoms with Crippen molar-refractivity contribution in [3.8, 4) is 0 Å². The molecule has 2 fully saturated rings. The summed E-state index contributed by atoms with van der Waals surface area (Å²) >= 11 is 0. The summed E-state index contributed by atoms with van der Waals surface area (Å²) in [5.41, 5.74) is 0.424. The van der Waals surface area contributed by atoms with E-state index in [1.807, 2.05) is 0 Å². The van der Waals surface area contributed by atoms with Gasteiger partial charge in [0.15, 0.2) is 0 Å². The molecule has 0 aromatic heterocycles. The van der Waals surface area contributed by atoms with Gasteiger partial charge in [0, 0.05) is 18.3 Å². The number of piperidine rings is 1. The maximum absolute atomic E-state index is 13.6. The van der Waals surface area contributed by atoms with E-state index in [1.165, 1.54) is 37.9 Å². The van der Waals surface area contributed by atoms with E-state index in [1.54, 1.807) is 6.92 Å². The SMILES string of the molecule is C=C(CC(C)CC1CC1(C)F)N1CCCCC1CC. The molecule has 110 valence electrons. The smallest absolute Gasteiger partial charge is 0.111 e. The molecule has 1 saturated carbocycles. The first kappa shape index (κ1) is 14.9. The maximum atomic E-state index is 13.6. The largest absolute Gasteiger partial charge is 0.372 e. The van der Waals surface area contributed by atoms with Crippen molar-refractivity contribution >= 4 is 0 Å². The normalized spacial score (nSPS) is 36.1. The fourth-order valence-electron chi connectivity index (χ4n) is 3.68. The second-order valence-electron chi connectivity index (χ2n) is 7.04. The van der Waals surface area contributed by atoms with Gasteiger partial charge in [-0.05, 0) is 63.7 Å². The first-order valence-electron chi connectivity index (χ1n) is 8.07. The molecule has 2 rings (SSSR count). The number of rotatable bonds is 6. The van der Waals surface area contributed by atoms with Crippen LogP contribution in [0.1, 0.15) is 65.7 Å². The average molecular weight is 267 g/mol. The lowest BCUT2D eigenvalue weighted by molar-refractivity contribution is 0.177. The minimum absolute atomic E-state index is 0.304. The van der Waals surface area contributed by atoms with Gasteiger partial charge in [0.2, 0.25) is 0 Å². The van der Waals surface area contributed by atoms with Crippen molar-refractivity contribution in [2.45, 2.75) is 77.4 Å². The standard InChI is InChI=1S/C17H30FN/c1-5-16-8-6-7-9-19(16)14(3)10-13(2)11-15-12-17(15,4)18/h13,15-16H,3,5-12H2,1-2,4H3. The van der Waals surface area contributed by atoms with E-state index in [-0.39, 0.29) is 0 Å². The quantitative estimate of drug-likeness (QED) is 0.659. The van der Waals surface area contributed by atoms with Gasteiger partial charge >= 0.3 is 0 Å². The zero-order valence-electron chi connectivity index (χ0n) is 12.9. The Morgan fingerprint density at radius 3 is 2.74 bits per heavy atom. The molecule has 19 heavy (non-hydrogen) atoms. The molecule has 1 heterocycles. The number of hydrogen-bond donors (Lipinski definition) is 0. The van der Waals surface area contributed by atoms with Crippen molar-refractivity contribution in [2.75, 3.05) is 6.54 Å². The molecular formula is C17H30FN. The highest BCUT2D eigenvalue weighted by Crippen LogP contribution is 2.50. The fraction of sp³-hybridized carbons (Fsp3) is 0.882. The molecular weight excluding hydrogens is 237 g/mol. The zero-order valence-corrected chi connectivity index (χ0v) is 12.9. The van der Waals surface area contributed by atoms with Crippen molar-refractivity contribution in [2.24, 2.45) is 11.8 Å². The van der Waals surface area contributed by atoms with Crippen LogP contribution >= 0.6 is 0 Å². The van der Waals surface area contributed by atoms with Crippen molar-refractivity contribution in [1.29, 1.82) is 0 Å². The minimum Gasteiger partial charge on any atom is -0.372 e. The number of halogens is 1. The molecule has 2 heteroatoms. The third-order valence-corrected chi connectivity index (χ3v) is 5.11. The Morgan fingerprint density at radius 1 is 1.47 bits per heavy atom. The van der Waals surface area contributed by atoms with Gasteiger partial charge < -0.3 is 4.90 Å². The third-order valence-electron chi connectivity index (χ3n) is 5.11. The van der Waals surface area contributed by atoms with Gasteiger partial charge in [0.1, 0.15) is 5.67 Å². The third kappa shape index (κ3) is 3.73. The molecule has 0 spiro atoms. The summed E-state index contributed by atoms with van der Waals surface area (Å²) in [7, 11) is 0. The van der Waals surface area contributed by atoms with Crippen molar-refractivity contribution in [1.82, 2.24) is 4.90 Å². The van der Waals surface area contributed by atoms with Gasteiger partial charge in [0.05, 0.1) is 0 Å². The van der Waals surface area contributed by atoms with Crippen molar-refractivity contribution in [3.63, 3.8) is 0 Å². The lowest BCUT2D eigenvalue weighted by Crippen LogP contribution is -2.38. The van der Waals surface area contributed by atoms with Gasteiger partial charge in [-0.3, -0.25) is 0 Å². The molecule has 0 radical (unpaired) electrons. The average Bonchev–Trinajstić information content (AvgIpc) is 2.95. The van der Waals surface area contributed by atoms with Gasteiger partial charge in [-0.1, -0.05) is 20.4 Å². The molecule has 0 N–H and O–H groups in total. The first-order chi connectivity index (χ1) is 8.94. The molecule has 4 atom stereocenters. The van der Waals surface area contributed by atoms with Crippen molar-refractivity contribution in [3.05, 3.63) is 12.3 Å². The summed E-state index contributed by atoms with van der Waals surface area (Å²) < 4.78 is 13.6. The predicted molar refractivity (Wildman–Crippen MR) is 79.8 cm³/mol. The molecule has 0 aromatic rings. The van der Waals surface area contributed by atoms with Crippen LogP contribution in [0.3, 0.4) is 0 Å². The maximum Gasteiger partial charge on any atom is 0.111 e. The molecule has 1 aliphatic carbocycles. The Kier molecular flexibility index (Phi) is 4.58. The number of hydrogen-bond acceptors (Lipinski definition) is 1. The van der Waals surface area contributed by atoms with E-state index in [0.717, 1.165) is 19.3 Å². The number of alkyl halides is 1. The lowest BCUT2D eigenvalue weighted by Gasteiger charge is -2.39. The number of nitrogens with zero attached hydrogens (tertiary/aromatic N) is 1. The summed E-state index contributed by atoms with van der Waals surface area (Å²) in [4.78, 5) is 2.53. The highest BCUT2D eigenvalue weighted by atomic mass is 19.1. The highest BCUT2D eigenvalue weighted by Gasteiger charge is 2.50. The van der Waals surface area contributed by atoms with Crippen LogP contribution in [-0.4, -0.2) is 23.2 Å². The van der Waals surface area contributed by atoms with E-state index in [9.17, 15) is 4.39 Å². The monoisotopic (exact) mass is 267 g/mol. The van der Waals surface area contributed by atoms with E-state index in [2.05, 4.69) is 25.3 Å². The van der Waals surface area contributed by atoms with E-state index < -0.39 is 5.67 Å². The van der Waals surface area contributed by atoms with Crippen LogP contribution in [0.5, 0.6) is 0 Å². The molecule has 0 bridgehead atoms. The summed E-state index contributed by atoms with van der Waals surface area (Å²) in [5, 5.41) is 0. The Labute approximate surface area is 118 Å². The summed E-state index contributed by atoms with van der Waals surface area (Å²) in [5.74, 6) is 0.869. The van der Waals surface area contributed by atoms with Crippen LogP contribution in [-0.2, 0) is 0 Å². The minimum atomic E-state index is -0.868. The predicted octanol–water partition coefficient (Wildman–Crippen LogP) is 4.93. The molecule has 1 aliphatic heterocycles. The van der Waals surface area contributed by atoms with Gasteiger partial charge in [-0.25, -0.2) is 4.39 Å². The van der Waals surface area contributed by atoms with Crippen LogP contribution in [0, 0.1) is 11.8 Å². The Balaban J connectivity index is 1.79. The van der Waals surface area contributed by atoms with E-state index in [0.29, 0.717) is 17.9 Å². The molecule has 0 amide bonds. The van der Waals surface area contributed by atoms with E-state index >= 15 is 0 Å². The molecule has 0 aromatic carbocycles. The summed E-state index contributed by atoms with van der Waals surface area (Å²) in [6, 6.07) is 0.695. The molecule has 1 saturated heterocycles.